The van der Waals surface area contributed by atoms with Crippen molar-refractivity contribution in [3.8, 4) is 0 Å². The van der Waals surface area contributed by atoms with Gasteiger partial charge in [0.15, 0.2) is 5.78 Å². The van der Waals surface area contributed by atoms with Gasteiger partial charge in [-0.25, -0.2) is 0 Å². The molecule has 1 heteroatoms. The fourth-order valence-electron chi connectivity index (χ4n) is 1.35. The Bertz CT molecular complexity index is 256. The molecular formula is C11H16O. The molecule has 0 heterocycles. The third kappa shape index (κ3) is 1.50. The van der Waals surface area contributed by atoms with E-state index in [1.165, 1.54) is 0 Å². The van der Waals surface area contributed by atoms with E-state index in [0.29, 0.717) is 0 Å². The molecule has 0 aromatic carbocycles. The molecule has 0 saturated carbocycles. The molecule has 12 heavy (non-hydrogen) atoms. The summed E-state index contributed by atoms with van der Waals surface area (Å²) in [5, 5.41) is 0. The average Bonchev–Trinajstić information content (AvgIpc) is 2.06. The van der Waals surface area contributed by atoms with Gasteiger partial charge in [0, 0.05) is 5.92 Å². The average molecular weight is 164 g/mol. The molecule has 1 aliphatic rings. The van der Waals surface area contributed by atoms with Crippen LogP contribution in [0, 0.1) is 11.3 Å². The molecule has 0 aliphatic heterocycles. The van der Waals surface area contributed by atoms with Crippen molar-refractivity contribution in [2.45, 2.75) is 27.7 Å². The van der Waals surface area contributed by atoms with Gasteiger partial charge in [-0.05, 0) is 17.9 Å². The Morgan fingerprint density at radius 3 is 2.58 bits per heavy atom. The summed E-state index contributed by atoms with van der Waals surface area (Å²) in [6.07, 6.45) is 5.98. The van der Waals surface area contributed by atoms with E-state index in [2.05, 4.69) is 19.9 Å². The molecule has 0 spiro atoms. The van der Waals surface area contributed by atoms with E-state index in [4.69, 9.17) is 0 Å². The van der Waals surface area contributed by atoms with E-state index in [1.807, 2.05) is 26.0 Å². The minimum Gasteiger partial charge on any atom is -0.294 e. The molecule has 1 unspecified atom stereocenters. The Hall–Kier alpha value is -0.850. The largest absolute Gasteiger partial charge is 0.294 e. The van der Waals surface area contributed by atoms with E-state index < -0.39 is 0 Å². The Kier molecular flexibility index (Phi) is 2.22. The first-order valence-corrected chi connectivity index (χ1v) is 4.35. The van der Waals surface area contributed by atoms with Gasteiger partial charge in [-0.1, -0.05) is 39.0 Å². The van der Waals surface area contributed by atoms with Crippen molar-refractivity contribution in [2.24, 2.45) is 11.3 Å². The molecule has 0 N–H and O–H groups in total. The van der Waals surface area contributed by atoms with Gasteiger partial charge in [-0.3, -0.25) is 4.79 Å². The van der Waals surface area contributed by atoms with Crippen LogP contribution >= 0.6 is 0 Å². The van der Waals surface area contributed by atoms with Crippen LogP contribution in [0.25, 0.3) is 0 Å². The summed E-state index contributed by atoms with van der Waals surface area (Å²) in [7, 11) is 0. The van der Waals surface area contributed by atoms with Gasteiger partial charge in [0.1, 0.15) is 0 Å². The summed E-state index contributed by atoms with van der Waals surface area (Å²) in [4.78, 5) is 11.7. The van der Waals surface area contributed by atoms with Crippen LogP contribution in [0.4, 0.5) is 0 Å². The topological polar surface area (TPSA) is 17.1 Å². The molecule has 0 bridgehead atoms. The standard InChI is InChI=1S/C11H16O/c1-8-6-5-7-11(3,4)9(2)10(8)12/h5-7,9H,1-4H3. The Balaban J connectivity index is 3.04. The molecule has 1 nitrogen and oxygen atoms in total. The molecule has 1 rings (SSSR count). The lowest BCUT2D eigenvalue weighted by molar-refractivity contribution is -0.120. The number of hydrogen-bond donors (Lipinski definition) is 0. The predicted octanol–water partition coefficient (Wildman–Crippen LogP) is 2.73. The van der Waals surface area contributed by atoms with Crippen LogP contribution in [0.5, 0.6) is 0 Å². The van der Waals surface area contributed by atoms with Gasteiger partial charge >= 0.3 is 0 Å². The van der Waals surface area contributed by atoms with E-state index >= 15 is 0 Å². The fourth-order valence-corrected chi connectivity index (χ4v) is 1.35. The molecular weight excluding hydrogens is 148 g/mol. The van der Waals surface area contributed by atoms with E-state index in [1.54, 1.807) is 0 Å². The van der Waals surface area contributed by atoms with E-state index in [9.17, 15) is 4.79 Å². The highest BCUT2D eigenvalue weighted by molar-refractivity contribution is 5.97. The molecule has 0 saturated heterocycles. The first-order chi connectivity index (χ1) is 5.45. The highest BCUT2D eigenvalue weighted by Crippen LogP contribution is 2.32. The molecule has 1 aliphatic carbocycles. The SMILES string of the molecule is CC1=CC=CC(C)(C)C(C)C1=O. The number of rotatable bonds is 0. The third-order valence-electron chi connectivity index (χ3n) is 2.77. The zero-order valence-electron chi connectivity index (χ0n) is 8.22. The second-order valence-corrected chi connectivity index (χ2v) is 4.12. The molecule has 0 aromatic rings. The predicted molar refractivity (Wildman–Crippen MR) is 50.8 cm³/mol. The van der Waals surface area contributed by atoms with Crippen molar-refractivity contribution < 1.29 is 4.79 Å². The van der Waals surface area contributed by atoms with Crippen molar-refractivity contribution in [1.29, 1.82) is 0 Å². The fraction of sp³-hybridized carbons (Fsp3) is 0.545. The number of ketones is 1. The first kappa shape index (κ1) is 9.24. The summed E-state index contributed by atoms with van der Waals surface area (Å²) in [5.74, 6) is 0.359. The maximum atomic E-state index is 11.7. The van der Waals surface area contributed by atoms with Gasteiger partial charge in [0.05, 0.1) is 0 Å². The van der Waals surface area contributed by atoms with Crippen molar-refractivity contribution in [2.75, 3.05) is 0 Å². The summed E-state index contributed by atoms with van der Waals surface area (Å²) in [6, 6.07) is 0. The monoisotopic (exact) mass is 164 g/mol. The van der Waals surface area contributed by atoms with Crippen molar-refractivity contribution >= 4 is 5.78 Å². The second-order valence-electron chi connectivity index (χ2n) is 4.12. The number of carbonyl (C=O) groups excluding carboxylic acids is 1. The first-order valence-electron chi connectivity index (χ1n) is 4.35. The quantitative estimate of drug-likeness (QED) is 0.538. The summed E-state index contributed by atoms with van der Waals surface area (Å²) in [5.41, 5.74) is 0.857. The third-order valence-corrected chi connectivity index (χ3v) is 2.77. The molecule has 0 fully saturated rings. The zero-order chi connectivity index (χ0) is 9.35. The Morgan fingerprint density at radius 1 is 1.42 bits per heavy atom. The zero-order valence-corrected chi connectivity index (χ0v) is 8.22. The van der Waals surface area contributed by atoms with Crippen molar-refractivity contribution in [3.63, 3.8) is 0 Å². The van der Waals surface area contributed by atoms with Gasteiger partial charge in [-0.2, -0.15) is 0 Å². The molecule has 0 aromatic heterocycles. The Labute approximate surface area is 74.2 Å². The van der Waals surface area contributed by atoms with Crippen LogP contribution in [-0.4, -0.2) is 5.78 Å². The molecule has 0 radical (unpaired) electrons. The summed E-state index contributed by atoms with van der Waals surface area (Å²) in [6.45, 7) is 8.07. The van der Waals surface area contributed by atoms with Crippen LogP contribution < -0.4 is 0 Å². The minimum absolute atomic E-state index is 0.00859. The summed E-state index contributed by atoms with van der Waals surface area (Å²) < 4.78 is 0. The number of Topliss-reactive ketones (excluding diaryl/α,β-unsaturated/α-hetero) is 1. The van der Waals surface area contributed by atoms with Gasteiger partial charge in [0.2, 0.25) is 0 Å². The number of carbonyl (C=O) groups is 1. The van der Waals surface area contributed by atoms with Crippen LogP contribution in [0.3, 0.4) is 0 Å². The van der Waals surface area contributed by atoms with Crippen molar-refractivity contribution in [1.82, 2.24) is 0 Å². The number of hydrogen-bond acceptors (Lipinski definition) is 1. The lowest BCUT2D eigenvalue weighted by atomic mass is 9.77. The Morgan fingerprint density at radius 2 is 2.00 bits per heavy atom. The maximum absolute atomic E-state index is 11.7. The molecule has 0 amide bonds. The molecule has 66 valence electrons. The highest BCUT2D eigenvalue weighted by atomic mass is 16.1. The normalized spacial score (nSPS) is 28.2. The van der Waals surface area contributed by atoms with Crippen LogP contribution in [-0.2, 0) is 4.79 Å². The number of allylic oxidation sites excluding steroid dienone is 4. The van der Waals surface area contributed by atoms with Crippen LogP contribution in [0.2, 0.25) is 0 Å². The van der Waals surface area contributed by atoms with Gasteiger partial charge < -0.3 is 0 Å². The maximum Gasteiger partial charge on any atom is 0.162 e. The highest BCUT2D eigenvalue weighted by Gasteiger charge is 2.30. The lowest BCUT2D eigenvalue weighted by Gasteiger charge is -2.26. The van der Waals surface area contributed by atoms with Crippen molar-refractivity contribution in [3.05, 3.63) is 23.8 Å². The van der Waals surface area contributed by atoms with Gasteiger partial charge in [-0.15, -0.1) is 0 Å². The van der Waals surface area contributed by atoms with Crippen LogP contribution in [0.1, 0.15) is 27.7 Å². The van der Waals surface area contributed by atoms with E-state index in [-0.39, 0.29) is 17.1 Å². The van der Waals surface area contributed by atoms with E-state index in [0.717, 1.165) is 5.57 Å². The van der Waals surface area contributed by atoms with Gasteiger partial charge in [0.25, 0.3) is 0 Å². The summed E-state index contributed by atoms with van der Waals surface area (Å²) >= 11 is 0. The minimum atomic E-state index is -0.00859. The second kappa shape index (κ2) is 2.89. The molecule has 1 atom stereocenters. The lowest BCUT2D eigenvalue weighted by Crippen LogP contribution is -2.26. The van der Waals surface area contributed by atoms with Crippen LogP contribution in [0.15, 0.2) is 23.8 Å². The smallest absolute Gasteiger partial charge is 0.162 e.